The molecule has 2 aliphatic heterocycles. The molecule has 0 aromatic heterocycles. The maximum absolute atomic E-state index is 11.8. The Morgan fingerprint density at radius 3 is 2.93 bits per heavy atom. The fraction of sp³-hybridized carbons (Fsp3) is 0.900. The van der Waals surface area contributed by atoms with Crippen LogP contribution in [0.1, 0.15) is 25.7 Å². The van der Waals surface area contributed by atoms with Crippen LogP contribution in [0.5, 0.6) is 0 Å². The molecule has 1 amide bonds. The van der Waals surface area contributed by atoms with Crippen LogP contribution in [0.2, 0.25) is 0 Å². The zero-order chi connectivity index (χ0) is 9.80. The highest BCUT2D eigenvalue weighted by molar-refractivity contribution is 7.99. The second-order valence-corrected chi connectivity index (χ2v) is 5.22. The second kappa shape index (κ2) is 5.03. The molecule has 3 nitrogen and oxygen atoms in total. The fourth-order valence-corrected chi connectivity index (χ4v) is 3.18. The molecule has 0 saturated carbocycles. The monoisotopic (exact) mass is 214 g/mol. The minimum absolute atomic E-state index is 0.0781. The van der Waals surface area contributed by atoms with Gasteiger partial charge in [-0.15, -0.1) is 0 Å². The summed E-state index contributed by atoms with van der Waals surface area (Å²) in [6.45, 7) is 0.998. The van der Waals surface area contributed by atoms with Gasteiger partial charge in [-0.1, -0.05) is 6.42 Å². The highest BCUT2D eigenvalue weighted by Gasteiger charge is 2.24. The van der Waals surface area contributed by atoms with Gasteiger partial charge in [-0.2, -0.15) is 11.8 Å². The molecule has 0 radical (unpaired) electrons. The molecule has 0 spiro atoms. The van der Waals surface area contributed by atoms with Crippen molar-refractivity contribution in [2.75, 3.05) is 18.1 Å². The number of carbonyl (C=O) groups is 1. The molecule has 0 bridgehead atoms. The lowest BCUT2D eigenvalue weighted by atomic mass is 10.0. The number of nitrogens with one attached hydrogen (secondary N) is 2. The van der Waals surface area contributed by atoms with Crippen LogP contribution in [-0.2, 0) is 4.79 Å². The Kier molecular flexibility index (Phi) is 3.70. The van der Waals surface area contributed by atoms with Crippen molar-refractivity contribution in [2.45, 2.75) is 37.8 Å². The molecule has 2 rings (SSSR count). The van der Waals surface area contributed by atoms with E-state index in [1.165, 1.54) is 18.6 Å². The van der Waals surface area contributed by atoms with Crippen LogP contribution in [0.15, 0.2) is 0 Å². The molecular formula is C10H18N2OS. The topological polar surface area (TPSA) is 41.1 Å². The molecule has 2 aliphatic rings. The van der Waals surface area contributed by atoms with Crippen LogP contribution in [0, 0.1) is 0 Å². The van der Waals surface area contributed by atoms with Crippen LogP contribution in [0.3, 0.4) is 0 Å². The van der Waals surface area contributed by atoms with Gasteiger partial charge in [-0.25, -0.2) is 0 Å². The molecule has 0 aliphatic carbocycles. The van der Waals surface area contributed by atoms with E-state index < -0.39 is 0 Å². The summed E-state index contributed by atoms with van der Waals surface area (Å²) >= 11 is 1.94. The van der Waals surface area contributed by atoms with Crippen LogP contribution >= 0.6 is 11.8 Å². The Morgan fingerprint density at radius 1 is 1.36 bits per heavy atom. The van der Waals surface area contributed by atoms with Crippen molar-refractivity contribution in [3.05, 3.63) is 0 Å². The van der Waals surface area contributed by atoms with Gasteiger partial charge in [0.15, 0.2) is 0 Å². The van der Waals surface area contributed by atoms with Gasteiger partial charge in [0.2, 0.25) is 5.91 Å². The summed E-state index contributed by atoms with van der Waals surface area (Å²) in [7, 11) is 0. The third kappa shape index (κ3) is 2.64. The summed E-state index contributed by atoms with van der Waals surface area (Å²) in [5.74, 6) is 2.51. The van der Waals surface area contributed by atoms with Gasteiger partial charge in [-0.05, 0) is 31.6 Å². The normalized spacial score (nSPS) is 32.9. The molecule has 1 unspecified atom stereocenters. The molecule has 2 N–H and O–H groups in total. The molecule has 4 heteroatoms. The Labute approximate surface area is 89.4 Å². The van der Waals surface area contributed by atoms with Crippen molar-refractivity contribution in [2.24, 2.45) is 0 Å². The average Bonchev–Trinajstić information content (AvgIpc) is 2.72. The predicted octanol–water partition coefficient (Wildman–Crippen LogP) is 0.750. The molecule has 80 valence electrons. The van der Waals surface area contributed by atoms with E-state index in [4.69, 9.17) is 0 Å². The molecule has 0 aromatic rings. The minimum atomic E-state index is 0.0781. The number of thioether (sulfide) groups is 1. The molecular weight excluding hydrogens is 196 g/mol. The van der Waals surface area contributed by atoms with Crippen molar-refractivity contribution in [3.8, 4) is 0 Å². The zero-order valence-electron chi connectivity index (χ0n) is 8.42. The average molecular weight is 214 g/mol. The van der Waals surface area contributed by atoms with E-state index in [-0.39, 0.29) is 11.9 Å². The summed E-state index contributed by atoms with van der Waals surface area (Å²) in [6, 6.07) is 0.505. The summed E-state index contributed by atoms with van der Waals surface area (Å²) in [5.41, 5.74) is 0. The van der Waals surface area contributed by atoms with Crippen LogP contribution < -0.4 is 10.6 Å². The van der Waals surface area contributed by atoms with Crippen molar-refractivity contribution in [1.29, 1.82) is 0 Å². The zero-order valence-corrected chi connectivity index (χ0v) is 9.24. The smallest absolute Gasteiger partial charge is 0.237 e. The predicted molar refractivity (Wildman–Crippen MR) is 59.5 cm³/mol. The van der Waals surface area contributed by atoms with Gasteiger partial charge in [0.25, 0.3) is 0 Å². The van der Waals surface area contributed by atoms with E-state index >= 15 is 0 Å². The Balaban J connectivity index is 1.75. The number of piperidine rings is 1. The lowest BCUT2D eigenvalue weighted by Gasteiger charge is -2.24. The van der Waals surface area contributed by atoms with Gasteiger partial charge in [0, 0.05) is 11.8 Å². The van der Waals surface area contributed by atoms with Crippen molar-refractivity contribution in [1.82, 2.24) is 10.6 Å². The first-order chi connectivity index (χ1) is 6.86. The van der Waals surface area contributed by atoms with E-state index in [9.17, 15) is 4.79 Å². The highest BCUT2D eigenvalue weighted by atomic mass is 32.2. The maximum atomic E-state index is 11.8. The fourth-order valence-electron chi connectivity index (χ4n) is 2.03. The third-order valence-electron chi connectivity index (χ3n) is 2.90. The quantitative estimate of drug-likeness (QED) is 0.713. The first kappa shape index (κ1) is 10.3. The Bertz CT molecular complexity index is 198. The van der Waals surface area contributed by atoms with Crippen LogP contribution in [0.25, 0.3) is 0 Å². The number of hydrogen-bond acceptors (Lipinski definition) is 3. The second-order valence-electron chi connectivity index (χ2n) is 4.07. The van der Waals surface area contributed by atoms with Gasteiger partial charge in [-0.3, -0.25) is 4.79 Å². The maximum Gasteiger partial charge on any atom is 0.237 e. The van der Waals surface area contributed by atoms with Gasteiger partial charge in [0.05, 0.1) is 6.04 Å². The van der Waals surface area contributed by atoms with Crippen molar-refractivity contribution >= 4 is 17.7 Å². The lowest BCUT2D eigenvalue weighted by molar-refractivity contribution is -0.124. The highest BCUT2D eigenvalue weighted by Crippen LogP contribution is 2.17. The first-order valence-corrected chi connectivity index (χ1v) is 6.63. The van der Waals surface area contributed by atoms with Crippen molar-refractivity contribution in [3.63, 3.8) is 0 Å². The third-order valence-corrected chi connectivity index (χ3v) is 4.07. The SMILES string of the molecule is O=C(NC1CCSC1)[C@H]1CCCCN1. The molecule has 2 heterocycles. The van der Waals surface area contributed by atoms with Gasteiger partial charge in [0.1, 0.15) is 0 Å². The molecule has 0 aromatic carbocycles. The van der Waals surface area contributed by atoms with Crippen LogP contribution in [0.4, 0.5) is 0 Å². The standard InChI is InChI=1S/C10H18N2OS/c13-10(9-3-1-2-5-11-9)12-8-4-6-14-7-8/h8-9,11H,1-7H2,(H,12,13)/t8?,9-/m1/s1. The first-order valence-electron chi connectivity index (χ1n) is 5.48. The van der Waals surface area contributed by atoms with E-state index in [0.717, 1.165) is 25.1 Å². The number of hydrogen-bond donors (Lipinski definition) is 2. The van der Waals surface area contributed by atoms with Gasteiger partial charge < -0.3 is 10.6 Å². The summed E-state index contributed by atoms with van der Waals surface area (Å²) in [5, 5.41) is 6.40. The summed E-state index contributed by atoms with van der Waals surface area (Å²) in [4.78, 5) is 11.8. The van der Waals surface area contributed by atoms with E-state index in [0.29, 0.717) is 6.04 Å². The Hall–Kier alpha value is -0.220. The van der Waals surface area contributed by atoms with Crippen molar-refractivity contribution < 1.29 is 4.79 Å². The summed E-state index contributed by atoms with van der Waals surface area (Å²) < 4.78 is 0. The van der Waals surface area contributed by atoms with Gasteiger partial charge >= 0.3 is 0 Å². The number of amides is 1. The lowest BCUT2D eigenvalue weighted by Crippen LogP contribution is -2.49. The van der Waals surface area contributed by atoms with E-state index in [1.807, 2.05) is 11.8 Å². The Morgan fingerprint density at radius 2 is 2.29 bits per heavy atom. The minimum Gasteiger partial charge on any atom is -0.351 e. The molecule has 14 heavy (non-hydrogen) atoms. The van der Waals surface area contributed by atoms with Crippen LogP contribution in [-0.4, -0.2) is 36.0 Å². The molecule has 2 fully saturated rings. The van der Waals surface area contributed by atoms with E-state index in [1.54, 1.807) is 0 Å². The number of carbonyl (C=O) groups excluding carboxylic acids is 1. The largest absolute Gasteiger partial charge is 0.351 e. The van der Waals surface area contributed by atoms with E-state index in [2.05, 4.69) is 10.6 Å². The summed E-state index contributed by atoms with van der Waals surface area (Å²) in [6.07, 6.45) is 4.54. The number of rotatable bonds is 2. The molecule has 2 saturated heterocycles. The molecule has 2 atom stereocenters.